The van der Waals surface area contributed by atoms with Gasteiger partial charge in [0.15, 0.2) is 5.16 Å². The normalized spacial score (nSPS) is 15.5. The average molecular weight is 403 g/mol. The van der Waals surface area contributed by atoms with Crippen molar-refractivity contribution in [2.75, 3.05) is 12.3 Å². The summed E-state index contributed by atoms with van der Waals surface area (Å²) in [6.07, 6.45) is 8.93. The maximum atomic E-state index is 12.9. The lowest BCUT2D eigenvalue weighted by Crippen LogP contribution is -2.29. The standard InChI is InChI=1S/C21H30N4O2S/c1-4-15(3)25-20(27)19-17(12-14(2)23-19)24-21(25)28-13-18(26)22-11-10-16-8-6-5-7-9-16/h8,12,15,23H,4-7,9-11,13H2,1-3H3,(H,22,26)/t15-/m1/s1. The number of nitrogens with zero attached hydrogens (tertiary/aromatic N) is 2. The van der Waals surface area contributed by atoms with Gasteiger partial charge in [0.2, 0.25) is 5.91 Å². The van der Waals surface area contributed by atoms with Crippen LogP contribution >= 0.6 is 11.8 Å². The number of nitrogens with one attached hydrogen (secondary N) is 2. The zero-order valence-corrected chi connectivity index (χ0v) is 17.8. The van der Waals surface area contributed by atoms with Crippen molar-refractivity contribution in [2.24, 2.45) is 0 Å². The number of aryl methyl sites for hydroxylation is 1. The van der Waals surface area contributed by atoms with Crippen molar-refractivity contribution in [1.29, 1.82) is 0 Å². The highest BCUT2D eigenvalue weighted by atomic mass is 32.2. The molecule has 28 heavy (non-hydrogen) atoms. The number of aromatic nitrogens is 3. The number of hydrogen-bond acceptors (Lipinski definition) is 4. The van der Waals surface area contributed by atoms with Gasteiger partial charge < -0.3 is 10.3 Å². The fourth-order valence-electron chi connectivity index (χ4n) is 3.54. The van der Waals surface area contributed by atoms with Crippen molar-refractivity contribution in [3.05, 3.63) is 33.8 Å². The van der Waals surface area contributed by atoms with E-state index in [4.69, 9.17) is 0 Å². The number of carbonyl (C=O) groups is 1. The number of carbonyl (C=O) groups excluding carboxylic acids is 1. The number of thioether (sulfide) groups is 1. The van der Waals surface area contributed by atoms with Gasteiger partial charge in [-0.15, -0.1) is 0 Å². The van der Waals surface area contributed by atoms with E-state index in [1.807, 2.05) is 26.8 Å². The van der Waals surface area contributed by atoms with Gasteiger partial charge in [0, 0.05) is 18.3 Å². The van der Waals surface area contributed by atoms with Crippen molar-refractivity contribution in [2.45, 2.75) is 70.5 Å². The predicted octanol–water partition coefficient (Wildman–Crippen LogP) is 4.10. The SMILES string of the molecule is CC[C@@H](C)n1c(SCC(=O)NCCC2=CCCCC2)nc2cc(C)[nH]c2c1=O. The van der Waals surface area contributed by atoms with Crippen LogP contribution in [-0.4, -0.2) is 32.7 Å². The molecule has 2 aromatic heterocycles. The molecule has 2 heterocycles. The Hall–Kier alpha value is -2.02. The fraction of sp³-hybridized carbons (Fsp3) is 0.571. The lowest BCUT2D eigenvalue weighted by atomic mass is 9.97. The van der Waals surface area contributed by atoms with E-state index >= 15 is 0 Å². The molecular weight excluding hydrogens is 372 g/mol. The third-order valence-corrected chi connectivity index (χ3v) is 6.26. The van der Waals surface area contributed by atoms with Gasteiger partial charge in [-0.2, -0.15) is 0 Å². The Balaban J connectivity index is 1.66. The van der Waals surface area contributed by atoms with Gasteiger partial charge in [-0.05, 0) is 58.4 Å². The van der Waals surface area contributed by atoms with Crippen LogP contribution in [0.25, 0.3) is 11.0 Å². The number of hydrogen-bond donors (Lipinski definition) is 2. The first-order valence-corrected chi connectivity index (χ1v) is 11.2. The minimum atomic E-state index is -0.0698. The molecule has 0 spiro atoms. The van der Waals surface area contributed by atoms with Crippen molar-refractivity contribution in [3.8, 4) is 0 Å². The molecule has 1 aliphatic carbocycles. The van der Waals surface area contributed by atoms with Crippen LogP contribution in [0.15, 0.2) is 27.7 Å². The summed E-state index contributed by atoms with van der Waals surface area (Å²) in [5, 5.41) is 3.60. The molecular formula is C21H30N4O2S. The maximum Gasteiger partial charge on any atom is 0.278 e. The molecule has 1 atom stereocenters. The first kappa shape index (κ1) is 20.7. The Morgan fingerprint density at radius 3 is 2.96 bits per heavy atom. The van der Waals surface area contributed by atoms with Gasteiger partial charge in [-0.3, -0.25) is 14.2 Å². The number of aromatic amines is 1. The first-order chi connectivity index (χ1) is 13.5. The highest BCUT2D eigenvalue weighted by Crippen LogP contribution is 2.23. The number of amides is 1. The lowest BCUT2D eigenvalue weighted by molar-refractivity contribution is -0.118. The fourth-order valence-corrected chi connectivity index (χ4v) is 4.47. The van der Waals surface area contributed by atoms with Crippen LogP contribution in [-0.2, 0) is 4.79 Å². The van der Waals surface area contributed by atoms with Crippen LogP contribution in [0.1, 0.15) is 64.1 Å². The van der Waals surface area contributed by atoms with Gasteiger partial charge in [0.25, 0.3) is 5.56 Å². The van der Waals surface area contributed by atoms with E-state index in [9.17, 15) is 9.59 Å². The predicted molar refractivity (Wildman–Crippen MR) is 115 cm³/mol. The lowest BCUT2D eigenvalue weighted by Gasteiger charge is -2.17. The van der Waals surface area contributed by atoms with Crippen molar-refractivity contribution >= 4 is 28.7 Å². The molecule has 152 valence electrons. The number of H-pyrrole nitrogens is 1. The highest BCUT2D eigenvalue weighted by Gasteiger charge is 2.18. The largest absolute Gasteiger partial charge is 0.355 e. The van der Waals surface area contributed by atoms with E-state index in [-0.39, 0.29) is 23.3 Å². The molecule has 3 rings (SSSR count). The van der Waals surface area contributed by atoms with E-state index in [1.54, 1.807) is 4.57 Å². The van der Waals surface area contributed by atoms with E-state index in [1.165, 1.54) is 36.6 Å². The molecule has 0 fully saturated rings. The molecule has 7 heteroatoms. The molecule has 0 unspecified atom stereocenters. The van der Waals surface area contributed by atoms with Crippen LogP contribution < -0.4 is 10.9 Å². The summed E-state index contributed by atoms with van der Waals surface area (Å²) in [6.45, 7) is 6.64. The molecule has 0 saturated heterocycles. The average Bonchev–Trinajstić information content (AvgIpc) is 3.07. The Kier molecular flexibility index (Phi) is 6.99. The summed E-state index contributed by atoms with van der Waals surface area (Å²) in [4.78, 5) is 33.0. The summed E-state index contributed by atoms with van der Waals surface area (Å²) in [5.74, 6) is 0.244. The molecule has 2 N–H and O–H groups in total. The minimum Gasteiger partial charge on any atom is -0.355 e. The van der Waals surface area contributed by atoms with Crippen molar-refractivity contribution in [3.63, 3.8) is 0 Å². The molecule has 0 aromatic carbocycles. The second-order valence-electron chi connectivity index (χ2n) is 7.54. The molecule has 0 bridgehead atoms. The summed E-state index contributed by atoms with van der Waals surface area (Å²) in [5.41, 5.74) is 3.49. The van der Waals surface area contributed by atoms with Gasteiger partial charge in [0.1, 0.15) is 5.52 Å². The van der Waals surface area contributed by atoms with E-state index in [0.29, 0.717) is 22.7 Å². The smallest absolute Gasteiger partial charge is 0.278 e. The second kappa shape index (κ2) is 9.45. The zero-order chi connectivity index (χ0) is 20.1. The molecule has 1 amide bonds. The first-order valence-electron chi connectivity index (χ1n) is 10.2. The van der Waals surface area contributed by atoms with Crippen LogP contribution in [0, 0.1) is 6.92 Å². The third kappa shape index (κ3) is 4.87. The summed E-state index contributed by atoms with van der Waals surface area (Å²) < 4.78 is 1.71. The van der Waals surface area contributed by atoms with Crippen LogP contribution in [0.2, 0.25) is 0 Å². The maximum absolute atomic E-state index is 12.9. The molecule has 1 aliphatic rings. The second-order valence-corrected chi connectivity index (χ2v) is 8.48. The molecule has 0 aliphatic heterocycles. The Labute approximate surface area is 170 Å². The number of fused-ring (bicyclic) bond motifs is 1. The van der Waals surface area contributed by atoms with Gasteiger partial charge in [-0.1, -0.05) is 30.3 Å². The van der Waals surface area contributed by atoms with E-state index in [0.717, 1.165) is 25.0 Å². The van der Waals surface area contributed by atoms with Crippen LogP contribution in [0.3, 0.4) is 0 Å². The van der Waals surface area contributed by atoms with E-state index in [2.05, 4.69) is 21.4 Å². The van der Waals surface area contributed by atoms with Crippen LogP contribution in [0.5, 0.6) is 0 Å². The summed E-state index contributed by atoms with van der Waals surface area (Å²) >= 11 is 1.33. The van der Waals surface area contributed by atoms with Crippen molar-refractivity contribution in [1.82, 2.24) is 19.9 Å². The molecule has 2 aromatic rings. The Bertz CT molecular complexity index is 928. The third-order valence-electron chi connectivity index (χ3n) is 5.30. The van der Waals surface area contributed by atoms with Crippen LogP contribution in [0.4, 0.5) is 0 Å². The quantitative estimate of drug-likeness (QED) is 0.396. The zero-order valence-electron chi connectivity index (χ0n) is 17.0. The van der Waals surface area contributed by atoms with E-state index < -0.39 is 0 Å². The number of rotatable bonds is 8. The molecule has 6 nitrogen and oxygen atoms in total. The van der Waals surface area contributed by atoms with Gasteiger partial charge in [-0.25, -0.2) is 4.98 Å². The van der Waals surface area contributed by atoms with Crippen molar-refractivity contribution < 1.29 is 4.79 Å². The van der Waals surface area contributed by atoms with Gasteiger partial charge >= 0.3 is 0 Å². The molecule has 0 saturated carbocycles. The monoisotopic (exact) mass is 402 g/mol. The van der Waals surface area contributed by atoms with Gasteiger partial charge in [0.05, 0.1) is 11.3 Å². The molecule has 0 radical (unpaired) electrons. The number of allylic oxidation sites excluding steroid dienone is 1. The summed E-state index contributed by atoms with van der Waals surface area (Å²) in [6, 6.07) is 1.90. The topological polar surface area (TPSA) is 79.8 Å². The summed E-state index contributed by atoms with van der Waals surface area (Å²) in [7, 11) is 0. The Morgan fingerprint density at radius 1 is 1.43 bits per heavy atom. The minimum absolute atomic E-state index is 0.0169. The Morgan fingerprint density at radius 2 is 2.25 bits per heavy atom. The highest BCUT2D eigenvalue weighted by molar-refractivity contribution is 7.99.